The lowest BCUT2D eigenvalue weighted by Crippen LogP contribution is -2.08. The van der Waals surface area contributed by atoms with Gasteiger partial charge in [-0.2, -0.15) is 0 Å². The van der Waals surface area contributed by atoms with Crippen molar-refractivity contribution in [2.24, 2.45) is 5.73 Å². The molecule has 1 aromatic carbocycles. The molecule has 1 rings (SSSR count). The summed E-state index contributed by atoms with van der Waals surface area (Å²) in [5.41, 5.74) is 6.63. The van der Waals surface area contributed by atoms with Gasteiger partial charge in [0.25, 0.3) is 0 Å². The summed E-state index contributed by atoms with van der Waals surface area (Å²) >= 11 is 5.83. The number of hydrogen-bond donors (Lipinski definition) is 1. The van der Waals surface area contributed by atoms with E-state index in [4.69, 9.17) is 22.1 Å². The molecule has 1 aromatic rings. The number of nitrogens with two attached hydrogens (primary N) is 1. The maximum absolute atomic E-state index is 5.83. The van der Waals surface area contributed by atoms with E-state index in [9.17, 15) is 0 Å². The molecule has 2 nitrogen and oxygen atoms in total. The number of methoxy groups -OCH3 is 1. The molecule has 0 heterocycles. The van der Waals surface area contributed by atoms with E-state index in [-0.39, 0.29) is 6.04 Å². The van der Waals surface area contributed by atoms with Crippen LogP contribution in [0.1, 0.15) is 11.6 Å². The first-order valence-corrected chi connectivity index (χ1v) is 4.28. The van der Waals surface area contributed by atoms with Crippen molar-refractivity contribution in [2.75, 3.05) is 7.11 Å². The topological polar surface area (TPSA) is 35.2 Å². The number of rotatable bonds is 3. The first kappa shape index (κ1) is 10.1. The van der Waals surface area contributed by atoms with Crippen LogP contribution in [-0.4, -0.2) is 7.11 Å². The molecular formula is C10H12ClNO. The zero-order valence-corrected chi connectivity index (χ0v) is 8.21. The summed E-state index contributed by atoms with van der Waals surface area (Å²) in [7, 11) is 1.60. The normalized spacial score (nSPS) is 12.2. The van der Waals surface area contributed by atoms with Gasteiger partial charge in [0.15, 0.2) is 0 Å². The maximum Gasteiger partial charge on any atom is 0.124 e. The molecule has 0 aliphatic carbocycles. The quantitative estimate of drug-likeness (QED) is 0.756. The molecule has 0 radical (unpaired) electrons. The Balaban J connectivity index is 3.14. The Morgan fingerprint density at radius 3 is 2.85 bits per heavy atom. The molecule has 2 N–H and O–H groups in total. The Morgan fingerprint density at radius 1 is 1.62 bits per heavy atom. The Kier molecular flexibility index (Phi) is 3.34. The monoisotopic (exact) mass is 197 g/mol. The summed E-state index contributed by atoms with van der Waals surface area (Å²) in [5, 5.41) is 0.646. The summed E-state index contributed by atoms with van der Waals surface area (Å²) in [6, 6.07) is 5.10. The second-order valence-corrected chi connectivity index (χ2v) is 3.08. The molecule has 0 aromatic heterocycles. The smallest absolute Gasteiger partial charge is 0.124 e. The third-order valence-corrected chi connectivity index (χ3v) is 2.04. The van der Waals surface area contributed by atoms with Crippen LogP contribution < -0.4 is 10.5 Å². The first-order valence-electron chi connectivity index (χ1n) is 3.90. The van der Waals surface area contributed by atoms with Crippen molar-refractivity contribution < 1.29 is 4.74 Å². The fourth-order valence-corrected chi connectivity index (χ4v) is 1.27. The molecule has 0 aliphatic rings. The Labute approximate surface area is 83.0 Å². The average Bonchev–Trinajstić information content (AvgIpc) is 2.16. The molecule has 0 unspecified atom stereocenters. The second kappa shape index (κ2) is 4.30. The van der Waals surface area contributed by atoms with Crippen LogP contribution in [-0.2, 0) is 0 Å². The van der Waals surface area contributed by atoms with Crippen LogP contribution >= 0.6 is 11.6 Å². The SMILES string of the molecule is C=C[C@@H](N)c1cc(Cl)ccc1OC. The van der Waals surface area contributed by atoms with Crippen molar-refractivity contribution in [2.45, 2.75) is 6.04 Å². The minimum absolute atomic E-state index is 0.242. The largest absolute Gasteiger partial charge is 0.496 e. The molecule has 1 atom stereocenters. The molecule has 0 saturated carbocycles. The van der Waals surface area contributed by atoms with Crippen LogP contribution in [0.3, 0.4) is 0 Å². The average molecular weight is 198 g/mol. The van der Waals surface area contributed by atoms with E-state index >= 15 is 0 Å². The van der Waals surface area contributed by atoms with Crippen LogP contribution in [0.25, 0.3) is 0 Å². The zero-order valence-electron chi connectivity index (χ0n) is 7.46. The van der Waals surface area contributed by atoms with Crippen molar-refractivity contribution in [3.05, 3.63) is 41.4 Å². The fraction of sp³-hybridized carbons (Fsp3) is 0.200. The number of halogens is 1. The van der Waals surface area contributed by atoms with Crippen molar-refractivity contribution >= 4 is 11.6 Å². The molecule has 0 amide bonds. The highest BCUT2D eigenvalue weighted by atomic mass is 35.5. The van der Waals surface area contributed by atoms with Crippen LogP contribution in [0.5, 0.6) is 5.75 Å². The highest BCUT2D eigenvalue weighted by Gasteiger charge is 2.08. The van der Waals surface area contributed by atoms with E-state index < -0.39 is 0 Å². The van der Waals surface area contributed by atoms with Gasteiger partial charge in [-0.3, -0.25) is 0 Å². The van der Waals surface area contributed by atoms with E-state index in [0.29, 0.717) is 5.02 Å². The van der Waals surface area contributed by atoms with Crippen LogP contribution in [0.15, 0.2) is 30.9 Å². The lowest BCUT2D eigenvalue weighted by molar-refractivity contribution is 0.408. The lowest BCUT2D eigenvalue weighted by Gasteiger charge is -2.12. The number of benzene rings is 1. The predicted molar refractivity (Wildman–Crippen MR) is 55.1 cm³/mol. The predicted octanol–water partition coefficient (Wildman–Crippen LogP) is 2.53. The summed E-state index contributed by atoms with van der Waals surface area (Å²) in [4.78, 5) is 0. The Bertz CT molecular complexity index is 312. The van der Waals surface area contributed by atoms with Crippen LogP contribution in [0.2, 0.25) is 5.02 Å². The molecule has 0 saturated heterocycles. The molecule has 0 bridgehead atoms. The van der Waals surface area contributed by atoms with Gasteiger partial charge in [0.05, 0.1) is 13.2 Å². The zero-order chi connectivity index (χ0) is 9.84. The standard InChI is InChI=1S/C10H12ClNO/c1-3-9(12)8-6-7(11)4-5-10(8)13-2/h3-6,9H,1,12H2,2H3/t9-/m1/s1. The van der Waals surface area contributed by atoms with Gasteiger partial charge >= 0.3 is 0 Å². The molecular weight excluding hydrogens is 186 g/mol. The minimum atomic E-state index is -0.242. The van der Waals surface area contributed by atoms with E-state index in [1.807, 2.05) is 0 Å². The lowest BCUT2D eigenvalue weighted by atomic mass is 10.1. The highest BCUT2D eigenvalue weighted by Crippen LogP contribution is 2.27. The van der Waals surface area contributed by atoms with E-state index in [1.54, 1.807) is 31.4 Å². The van der Waals surface area contributed by atoms with Gasteiger partial charge in [-0.05, 0) is 18.2 Å². The summed E-state index contributed by atoms with van der Waals surface area (Å²) < 4.78 is 5.14. The number of hydrogen-bond acceptors (Lipinski definition) is 2. The van der Waals surface area contributed by atoms with E-state index in [2.05, 4.69) is 6.58 Å². The molecule has 0 aliphatic heterocycles. The van der Waals surface area contributed by atoms with Gasteiger partial charge in [0, 0.05) is 10.6 Å². The third kappa shape index (κ3) is 2.23. The summed E-state index contributed by atoms with van der Waals surface area (Å²) in [5.74, 6) is 0.733. The Hall–Kier alpha value is -0.990. The first-order chi connectivity index (χ1) is 6.19. The molecule has 3 heteroatoms. The molecule has 13 heavy (non-hydrogen) atoms. The van der Waals surface area contributed by atoms with Gasteiger partial charge in [-0.15, -0.1) is 6.58 Å². The molecule has 0 spiro atoms. The Morgan fingerprint density at radius 2 is 2.31 bits per heavy atom. The van der Waals surface area contributed by atoms with Crippen molar-refractivity contribution in [3.63, 3.8) is 0 Å². The van der Waals surface area contributed by atoms with Crippen LogP contribution in [0, 0.1) is 0 Å². The van der Waals surface area contributed by atoms with Gasteiger partial charge in [-0.1, -0.05) is 17.7 Å². The van der Waals surface area contributed by atoms with Crippen molar-refractivity contribution in [1.29, 1.82) is 0 Å². The maximum atomic E-state index is 5.83. The molecule has 70 valence electrons. The van der Waals surface area contributed by atoms with E-state index in [1.165, 1.54) is 0 Å². The molecule has 0 fully saturated rings. The van der Waals surface area contributed by atoms with Gasteiger partial charge < -0.3 is 10.5 Å². The fourth-order valence-electron chi connectivity index (χ4n) is 1.09. The van der Waals surface area contributed by atoms with Gasteiger partial charge in [-0.25, -0.2) is 0 Å². The van der Waals surface area contributed by atoms with Gasteiger partial charge in [0.1, 0.15) is 5.75 Å². The summed E-state index contributed by atoms with van der Waals surface area (Å²) in [6.07, 6.45) is 1.65. The van der Waals surface area contributed by atoms with Gasteiger partial charge in [0.2, 0.25) is 0 Å². The van der Waals surface area contributed by atoms with E-state index in [0.717, 1.165) is 11.3 Å². The van der Waals surface area contributed by atoms with Crippen molar-refractivity contribution in [3.8, 4) is 5.75 Å². The number of ether oxygens (including phenoxy) is 1. The summed E-state index contributed by atoms with van der Waals surface area (Å²) in [6.45, 7) is 3.62. The minimum Gasteiger partial charge on any atom is -0.496 e. The highest BCUT2D eigenvalue weighted by molar-refractivity contribution is 6.30. The van der Waals surface area contributed by atoms with Crippen molar-refractivity contribution in [1.82, 2.24) is 0 Å². The van der Waals surface area contributed by atoms with Crippen LogP contribution in [0.4, 0.5) is 0 Å². The second-order valence-electron chi connectivity index (χ2n) is 2.65. The third-order valence-electron chi connectivity index (χ3n) is 1.80.